The third-order valence-electron chi connectivity index (χ3n) is 5.21. The zero-order chi connectivity index (χ0) is 24.6. The van der Waals surface area contributed by atoms with Crippen LogP contribution in [0.5, 0.6) is 0 Å². The summed E-state index contributed by atoms with van der Waals surface area (Å²) >= 11 is 6.04. The fourth-order valence-corrected chi connectivity index (χ4v) is 4.78. The van der Waals surface area contributed by atoms with Crippen molar-refractivity contribution in [3.63, 3.8) is 0 Å². The number of sulfonamides is 1. The number of aliphatic hydroxyl groups is 1. The number of nitrogen functional groups attached to an aromatic ring is 1. The average Bonchev–Trinajstić information content (AvgIpc) is 2.73. The first-order valence-electron chi connectivity index (χ1n) is 9.67. The SMILES string of the molecule is C/C(Cl)=C\[C@H]1CN(S(=O)(=O)c2ccc(N)nc2)CCN1c1ncc([C@](C)(O)C(F)(F)F)cn1. The van der Waals surface area contributed by atoms with Crippen LogP contribution in [0.1, 0.15) is 19.4 Å². The van der Waals surface area contributed by atoms with Crippen LogP contribution in [-0.4, -0.2) is 64.6 Å². The Morgan fingerprint density at radius 3 is 2.36 bits per heavy atom. The fraction of sp³-hybridized carbons (Fsp3) is 0.421. The van der Waals surface area contributed by atoms with Gasteiger partial charge >= 0.3 is 6.18 Å². The number of nitrogens with two attached hydrogens (primary N) is 1. The molecule has 0 amide bonds. The summed E-state index contributed by atoms with van der Waals surface area (Å²) in [5.41, 5.74) is 1.90. The van der Waals surface area contributed by atoms with E-state index in [0.29, 0.717) is 12.0 Å². The Kier molecular flexibility index (Phi) is 6.89. The third kappa shape index (κ3) is 5.21. The summed E-state index contributed by atoms with van der Waals surface area (Å²) in [5.74, 6) is 0.254. The smallest absolute Gasteiger partial charge is 0.384 e. The van der Waals surface area contributed by atoms with E-state index in [2.05, 4.69) is 15.0 Å². The lowest BCUT2D eigenvalue weighted by Crippen LogP contribution is -2.54. The Balaban J connectivity index is 1.88. The molecule has 0 aromatic carbocycles. The Bertz CT molecular complexity index is 1120. The molecule has 1 aliphatic rings. The summed E-state index contributed by atoms with van der Waals surface area (Å²) in [7, 11) is -3.88. The first kappa shape index (κ1) is 25.1. The minimum absolute atomic E-state index is 0.0118. The van der Waals surface area contributed by atoms with Crippen molar-refractivity contribution >= 4 is 33.4 Å². The number of hydrogen-bond donors (Lipinski definition) is 2. The normalized spacial score (nSPS) is 20.5. The Morgan fingerprint density at radius 2 is 1.85 bits per heavy atom. The second-order valence-corrected chi connectivity index (χ2v) is 10.2. The fourth-order valence-electron chi connectivity index (χ4n) is 3.24. The molecule has 3 rings (SSSR count). The minimum Gasteiger partial charge on any atom is -0.384 e. The standard InChI is InChI=1S/C19H22ClF3N6O3S/c1-12(20)7-14-11-28(33(31,32)15-3-4-16(24)25-10-15)5-6-29(14)17-26-8-13(9-27-17)18(2,30)19(21,22)23/h3-4,7-10,14,30H,5-6,11H2,1-2H3,(H2,24,25)/b12-7+/t14-,18-/m0/s1. The minimum atomic E-state index is -4.91. The van der Waals surface area contributed by atoms with Crippen LogP contribution in [0, 0.1) is 0 Å². The molecule has 0 aliphatic carbocycles. The molecule has 0 bridgehead atoms. The highest BCUT2D eigenvalue weighted by atomic mass is 35.5. The van der Waals surface area contributed by atoms with Gasteiger partial charge in [0.05, 0.1) is 6.04 Å². The van der Waals surface area contributed by atoms with E-state index in [1.165, 1.54) is 22.6 Å². The molecule has 0 radical (unpaired) electrons. The van der Waals surface area contributed by atoms with E-state index in [0.717, 1.165) is 12.4 Å². The van der Waals surface area contributed by atoms with Crippen LogP contribution >= 0.6 is 11.6 Å². The molecule has 0 unspecified atom stereocenters. The maximum atomic E-state index is 13.1. The summed E-state index contributed by atoms with van der Waals surface area (Å²) < 4.78 is 66.6. The summed E-state index contributed by atoms with van der Waals surface area (Å²) in [5, 5.41) is 10.2. The highest BCUT2D eigenvalue weighted by Gasteiger charge is 2.51. The molecule has 0 saturated carbocycles. The van der Waals surface area contributed by atoms with Gasteiger partial charge in [0.2, 0.25) is 16.0 Å². The summed E-state index contributed by atoms with van der Waals surface area (Å²) in [4.78, 5) is 13.4. The van der Waals surface area contributed by atoms with Gasteiger partial charge in [-0.05, 0) is 32.1 Å². The third-order valence-corrected chi connectivity index (χ3v) is 7.18. The highest BCUT2D eigenvalue weighted by molar-refractivity contribution is 7.89. The summed E-state index contributed by atoms with van der Waals surface area (Å²) in [6.45, 7) is 2.42. The van der Waals surface area contributed by atoms with Gasteiger partial charge in [0.25, 0.3) is 0 Å². The highest BCUT2D eigenvalue weighted by Crippen LogP contribution is 2.38. The van der Waals surface area contributed by atoms with Crippen LogP contribution in [0.4, 0.5) is 24.9 Å². The van der Waals surface area contributed by atoms with Crippen molar-refractivity contribution in [3.05, 3.63) is 47.4 Å². The topological polar surface area (TPSA) is 126 Å². The molecule has 1 fully saturated rings. The van der Waals surface area contributed by atoms with Gasteiger partial charge in [-0.3, -0.25) is 0 Å². The van der Waals surface area contributed by atoms with Crippen molar-refractivity contribution in [2.45, 2.75) is 36.6 Å². The Hall–Kier alpha value is -2.48. The maximum Gasteiger partial charge on any atom is 0.421 e. The Labute approximate surface area is 193 Å². The van der Waals surface area contributed by atoms with Gasteiger partial charge in [0.1, 0.15) is 10.7 Å². The molecule has 3 heterocycles. The number of alkyl halides is 3. The molecule has 2 atom stereocenters. The zero-order valence-electron chi connectivity index (χ0n) is 17.7. The van der Waals surface area contributed by atoms with Crippen molar-refractivity contribution in [2.75, 3.05) is 30.3 Å². The number of halogens is 4. The van der Waals surface area contributed by atoms with Crippen molar-refractivity contribution in [1.82, 2.24) is 19.3 Å². The van der Waals surface area contributed by atoms with Gasteiger partial charge in [-0.2, -0.15) is 17.5 Å². The van der Waals surface area contributed by atoms with Gasteiger partial charge < -0.3 is 15.7 Å². The van der Waals surface area contributed by atoms with E-state index in [9.17, 15) is 26.7 Å². The molecule has 3 N–H and O–H groups in total. The van der Waals surface area contributed by atoms with Crippen LogP contribution in [0.2, 0.25) is 0 Å². The quantitative estimate of drug-likeness (QED) is 0.632. The average molecular weight is 507 g/mol. The number of anilines is 2. The van der Waals surface area contributed by atoms with Crippen LogP contribution in [0.3, 0.4) is 0 Å². The van der Waals surface area contributed by atoms with E-state index >= 15 is 0 Å². The molecule has 0 spiro atoms. The predicted octanol–water partition coefficient (Wildman–Crippen LogP) is 2.25. The lowest BCUT2D eigenvalue weighted by atomic mass is 9.99. The van der Waals surface area contributed by atoms with Gasteiger partial charge in [-0.15, -0.1) is 0 Å². The van der Waals surface area contributed by atoms with E-state index < -0.39 is 33.4 Å². The van der Waals surface area contributed by atoms with E-state index in [-0.39, 0.29) is 36.3 Å². The van der Waals surface area contributed by atoms with Crippen LogP contribution in [-0.2, 0) is 15.6 Å². The first-order valence-corrected chi connectivity index (χ1v) is 11.5. The second kappa shape index (κ2) is 9.05. The zero-order valence-corrected chi connectivity index (χ0v) is 19.2. The largest absolute Gasteiger partial charge is 0.421 e. The van der Waals surface area contributed by atoms with Gasteiger partial charge in [-0.1, -0.05) is 11.6 Å². The number of aromatic nitrogens is 3. The van der Waals surface area contributed by atoms with Crippen molar-refractivity contribution in [2.24, 2.45) is 0 Å². The molecular weight excluding hydrogens is 485 g/mol. The number of rotatable bonds is 5. The summed E-state index contributed by atoms with van der Waals surface area (Å²) in [6, 6.07) is 2.15. The van der Waals surface area contributed by atoms with E-state index in [1.807, 2.05) is 0 Å². The lowest BCUT2D eigenvalue weighted by molar-refractivity contribution is -0.259. The number of hydrogen-bond acceptors (Lipinski definition) is 8. The molecule has 2 aromatic heterocycles. The number of nitrogens with zero attached hydrogens (tertiary/aromatic N) is 5. The number of pyridine rings is 1. The number of piperazine rings is 1. The lowest BCUT2D eigenvalue weighted by Gasteiger charge is -2.39. The predicted molar refractivity (Wildman–Crippen MR) is 116 cm³/mol. The molecule has 2 aromatic rings. The molecule has 33 heavy (non-hydrogen) atoms. The maximum absolute atomic E-state index is 13.1. The Morgan fingerprint density at radius 1 is 1.21 bits per heavy atom. The molecule has 1 saturated heterocycles. The molecule has 1 aliphatic heterocycles. The van der Waals surface area contributed by atoms with E-state index in [4.69, 9.17) is 17.3 Å². The van der Waals surface area contributed by atoms with Crippen LogP contribution in [0.25, 0.3) is 0 Å². The van der Waals surface area contributed by atoms with Gasteiger partial charge in [0.15, 0.2) is 5.60 Å². The van der Waals surface area contributed by atoms with Crippen molar-refractivity contribution < 1.29 is 26.7 Å². The van der Waals surface area contributed by atoms with Crippen LogP contribution in [0.15, 0.2) is 46.7 Å². The second-order valence-electron chi connectivity index (χ2n) is 7.64. The molecule has 9 nitrogen and oxygen atoms in total. The molecule has 14 heteroatoms. The monoisotopic (exact) mass is 506 g/mol. The van der Waals surface area contributed by atoms with Crippen molar-refractivity contribution in [1.29, 1.82) is 0 Å². The molecule has 180 valence electrons. The number of allylic oxidation sites excluding steroid dienone is 1. The molecular formula is C19H22ClF3N6O3S. The van der Waals surface area contributed by atoms with Crippen LogP contribution < -0.4 is 10.6 Å². The summed E-state index contributed by atoms with van der Waals surface area (Å²) in [6.07, 6.45) is -0.340. The first-order chi connectivity index (χ1) is 15.2. The van der Waals surface area contributed by atoms with Gasteiger partial charge in [-0.25, -0.2) is 23.4 Å². The van der Waals surface area contributed by atoms with Gasteiger partial charge in [0, 0.05) is 48.8 Å². The van der Waals surface area contributed by atoms with Crippen molar-refractivity contribution in [3.8, 4) is 0 Å². The van der Waals surface area contributed by atoms with E-state index in [1.54, 1.807) is 17.9 Å².